The van der Waals surface area contributed by atoms with Crippen molar-refractivity contribution in [1.29, 1.82) is 0 Å². The van der Waals surface area contributed by atoms with Crippen LogP contribution >= 0.6 is 0 Å². The van der Waals surface area contributed by atoms with Crippen molar-refractivity contribution in [3.8, 4) is 0 Å². The maximum Gasteiger partial charge on any atom is 0.250 e. The zero-order valence-electron chi connectivity index (χ0n) is 8.41. The smallest absolute Gasteiger partial charge is 0.250 e. The molecule has 0 fully saturated rings. The van der Waals surface area contributed by atoms with Gasteiger partial charge in [-0.3, -0.25) is 9.59 Å². The number of para-hydroxylation sites is 1. The first-order valence-corrected chi connectivity index (χ1v) is 4.82. The normalized spacial score (nSPS) is 19.3. The summed E-state index contributed by atoms with van der Waals surface area (Å²) in [4.78, 5) is 22.5. The average molecular weight is 204 g/mol. The van der Waals surface area contributed by atoms with Gasteiger partial charge in [-0.05, 0) is 17.5 Å². The summed E-state index contributed by atoms with van der Waals surface area (Å²) in [6, 6.07) is 5.32. The molecule has 0 saturated carbocycles. The summed E-state index contributed by atoms with van der Waals surface area (Å²) in [7, 11) is 0. The molecule has 1 atom stereocenters. The van der Waals surface area contributed by atoms with E-state index in [0.717, 1.165) is 5.56 Å². The van der Waals surface area contributed by atoms with Crippen LogP contribution in [0.3, 0.4) is 0 Å². The van der Waals surface area contributed by atoms with Crippen LogP contribution in [-0.4, -0.2) is 11.8 Å². The standard InChI is InChI=1S/C11H12N2O2/c1-6-5-9(14)13-10-7(6)3-2-4-8(10)11(12)15/h2-4,6H,5H2,1H3,(H2,12,15)(H,13,14). The highest BCUT2D eigenvalue weighted by molar-refractivity contribution is 6.05. The van der Waals surface area contributed by atoms with Crippen molar-refractivity contribution in [2.75, 3.05) is 5.32 Å². The Morgan fingerprint density at radius 2 is 2.27 bits per heavy atom. The molecule has 1 aromatic rings. The third-order valence-electron chi connectivity index (χ3n) is 2.65. The molecular weight excluding hydrogens is 192 g/mol. The van der Waals surface area contributed by atoms with Gasteiger partial charge in [0.1, 0.15) is 0 Å². The second kappa shape index (κ2) is 3.38. The highest BCUT2D eigenvalue weighted by Gasteiger charge is 2.24. The molecule has 0 aliphatic carbocycles. The summed E-state index contributed by atoms with van der Waals surface area (Å²) in [5.41, 5.74) is 7.18. The summed E-state index contributed by atoms with van der Waals surface area (Å²) >= 11 is 0. The quantitative estimate of drug-likeness (QED) is 0.722. The minimum atomic E-state index is -0.513. The van der Waals surface area contributed by atoms with Crippen LogP contribution in [0, 0.1) is 0 Å². The Hall–Kier alpha value is -1.84. The Balaban J connectivity index is 2.59. The van der Waals surface area contributed by atoms with Gasteiger partial charge >= 0.3 is 0 Å². The minimum Gasteiger partial charge on any atom is -0.366 e. The molecule has 1 aliphatic heterocycles. The number of rotatable bonds is 1. The van der Waals surface area contributed by atoms with Crippen molar-refractivity contribution in [1.82, 2.24) is 0 Å². The Bertz CT molecular complexity index is 440. The van der Waals surface area contributed by atoms with Gasteiger partial charge in [0.05, 0.1) is 11.3 Å². The van der Waals surface area contributed by atoms with E-state index in [4.69, 9.17) is 5.73 Å². The molecule has 78 valence electrons. The van der Waals surface area contributed by atoms with Crippen LogP contribution in [0.15, 0.2) is 18.2 Å². The van der Waals surface area contributed by atoms with Crippen LogP contribution in [0.25, 0.3) is 0 Å². The summed E-state index contributed by atoms with van der Waals surface area (Å²) in [6.07, 6.45) is 0.454. The number of hydrogen-bond acceptors (Lipinski definition) is 2. The number of benzene rings is 1. The van der Waals surface area contributed by atoms with E-state index in [2.05, 4.69) is 5.32 Å². The number of anilines is 1. The van der Waals surface area contributed by atoms with Gasteiger partial charge in [-0.25, -0.2) is 0 Å². The first kappa shape index (κ1) is 9.71. The molecule has 1 aliphatic rings. The predicted molar refractivity (Wildman–Crippen MR) is 56.6 cm³/mol. The van der Waals surface area contributed by atoms with E-state index >= 15 is 0 Å². The second-order valence-electron chi connectivity index (χ2n) is 3.79. The van der Waals surface area contributed by atoms with Gasteiger partial charge in [0.25, 0.3) is 5.91 Å². The molecule has 0 radical (unpaired) electrons. The molecule has 0 saturated heterocycles. The Labute approximate surface area is 87.5 Å². The first-order chi connectivity index (χ1) is 7.09. The van der Waals surface area contributed by atoms with Gasteiger partial charge in [0.15, 0.2) is 0 Å². The molecule has 0 aromatic heterocycles. The molecule has 4 heteroatoms. The number of nitrogens with one attached hydrogen (secondary N) is 1. The summed E-state index contributed by atoms with van der Waals surface area (Å²) in [5, 5.41) is 2.70. The van der Waals surface area contributed by atoms with E-state index < -0.39 is 5.91 Å². The third kappa shape index (κ3) is 1.58. The molecule has 0 spiro atoms. The molecule has 1 heterocycles. The van der Waals surface area contributed by atoms with Crippen LogP contribution in [-0.2, 0) is 4.79 Å². The van der Waals surface area contributed by atoms with Crippen molar-refractivity contribution >= 4 is 17.5 Å². The topological polar surface area (TPSA) is 72.2 Å². The van der Waals surface area contributed by atoms with Crippen molar-refractivity contribution in [3.05, 3.63) is 29.3 Å². The molecule has 2 amide bonds. The molecule has 4 nitrogen and oxygen atoms in total. The lowest BCUT2D eigenvalue weighted by Gasteiger charge is -2.24. The fraction of sp³-hybridized carbons (Fsp3) is 0.273. The van der Waals surface area contributed by atoms with Gasteiger partial charge < -0.3 is 11.1 Å². The lowest BCUT2D eigenvalue weighted by molar-refractivity contribution is -0.116. The van der Waals surface area contributed by atoms with E-state index in [-0.39, 0.29) is 11.8 Å². The monoisotopic (exact) mass is 204 g/mol. The largest absolute Gasteiger partial charge is 0.366 e. The number of amides is 2. The number of primary amides is 1. The van der Waals surface area contributed by atoms with Gasteiger partial charge in [0, 0.05) is 6.42 Å². The van der Waals surface area contributed by atoms with E-state index in [9.17, 15) is 9.59 Å². The number of fused-ring (bicyclic) bond motifs is 1. The second-order valence-corrected chi connectivity index (χ2v) is 3.79. The lowest BCUT2D eigenvalue weighted by Crippen LogP contribution is -2.25. The summed E-state index contributed by atoms with van der Waals surface area (Å²) in [5.74, 6) is -0.446. The zero-order valence-corrected chi connectivity index (χ0v) is 8.41. The lowest BCUT2D eigenvalue weighted by atomic mass is 9.90. The van der Waals surface area contributed by atoms with Crippen LogP contribution in [0.5, 0.6) is 0 Å². The number of hydrogen-bond donors (Lipinski definition) is 2. The van der Waals surface area contributed by atoms with Gasteiger partial charge in [-0.1, -0.05) is 19.1 Å². The molecule has 2 rings (SSSR count). The van der Waals surface area contributed by atoms with E-state index in [1.807, 2.05) is 13.0 Å². The molecule has 15 heavy (non-hydrogen) atoms. The fourth-order valence-corrected chi connectivity index (χ4v) is 1.90. The van der Waals surface area contributed by atoms with Gasteiger partial charge in [-0.2, -0.15) is 0 Å². The van der Waals surface area contributed by atoms with Crippen LogP contribution in [0.1, 0.15) is 35.2 Å². The van der Waals surface area contributed by atoms with E-state index in [1.165, 1.54) is 0 Å². The highest BCUT2D eigenvalue weighted by Crippen LogP contribution is 2.33. The Morgan fingerprint density at radius 3 is 2.93 bits per heavy atom. The SMILES string of the molecule is CC1CC(=O)Nc2c(C(N)=O)cccc21. The molecule has 3 N–H and O–H groups in total. The van der Waals surface area contributed by atoms with Crippen molar-refractivity contribution in [2.24, 2.45) is 5.73 Å². The van der Waals surface area contributed by atoms with Crippen molar-refractivity contribution < 1.29 is 9.59 Å². The number of carbonyl (C=O) groups excluding carboxylic acids is 2. The van der Waals surface area contributed by atoms with Crippen molar-refractivity contribution in [3.63, 3.8) is 0 Å². The Kier molecular flexibility index (Phi) is 2.19. The summed E-state index contributed by atoms with van der Waals surface area (Å²) in [6.45, 7) is 1.96. The molecular formula is C11H12N2O2. The minimum absolute atomic E-state index is 0.0660. The van der Waals surface area contributed by atoms with Crippen molar-refractivity contribution in [2.45, 2.75) is 19.3 Å². The van der Waals surface area contributed by atoms with Gasteiger partial charge in [0.2, 0.25) is 5.91 Å². The van der Waals surface area contributed by atoms with Gasteiger partial charge in [-0.15, -0.1) is 0 Å². The fourth-order valence-electron chi connectivity index (χ4n) is 1.90. The molecule has 0 bridgehead atoms. The zero-order chi connectivity index (χ0) is 11.0. The summed E-state index contributed by atoms with van der Waals surface area (Å²) < 4.78 is 0. The number of carbonyl (C=O) groups is 2. The number of nitrogens with two attached hydrogens (primary N) is 1. The van der Waals surface area contributed by atoms with Crippen LogP contribution in [0.4, 0.5) is 5.69 Å². The highest BCUT2D eigenvalue weighted by atomic mass is 16.2. The third-order valence-corrected chi connectivity index (χ3v) is 2.65. The van der Waals surface area contributed by atoms with E-state index in [0.29, 0.717) is 17.7 Å². The molecule has 1 aromatic carbocycles. The van der Waals surface area contributed by atoms with Crippen LogP contribution < -0.4 is 11.1 Å². The Morgan fingerprint density at radius 1 is 1.53 bits per heavy atom. The first-order valence-electron chi connectivity index (χ1n) is 4.82. The predicted octanol–water partition coefficient (Wildman–Crippen LogP) is 1.23. The van der Waals surface area contributed by atoms with Crippen LogP contribution in [0.2, 0.25) is 0 Å². The maximum atomic E-state index is 11.3. The van der Waals surface area contributed by atoms with E-state index in [1.54, 1.807) is 12.1 Å². The maximum absolute atomic E-state index is 11.3. The molecule has 1 unspecified atom stereocenters. The average Bonchev–Trinajstić information content (AvgIpc) is 2.16.